The lowest BCUT2D eigenvalue weighted by Gasteiger charge is -2.09. The maximum Gasteiger partial charge on any atom is 0.261 e. The Kier molecular flexibility index (Phi) is 4.30. The fraction of sp³-hybridized carbons (Fsp3) is 0.111. The smallest absolute Gasteiger partial charge is 0.261 e. The largest absolute Gasteiger partial charge is 0.446 e. The number of sulfonamides is 1. The van der Waals surface area contributed by atoms with Crippen LogP contribution >= 0.6 is 0 Å². The highest BCUT2D eigenvalue weighted by Gasteiger charge is 2.16. The Morgan fingerprint density at radius 2 is 1.84 bits per heavy atom. The first-order valence-electron chi connectivity index (χ1n) is 7.46. The zero-order valence-electron chi connectivity index (χ0n) is 13.6. The summed E-state index contributed by atoms with van der Waals surface area (Å²) in [6.07, 6.45) is 0. The Bertz CT molecular complexity index is 1060. The van der Waals surface area contributed by atoms with Gasteiger partial charge in [0.2, 0.25) is 0 Å². The van der Waals surface area contributed by atoms with E-state index in [1.165, 1.54) is 18.2 Å². The van der Waals surface area contributed by atoms with Crippen molar-refractivity contribution in [2.45, 2.75) is 18.7 Å². The van der Waals surface area contributed by atoms with Gasteiger partial charge in [0.1, 0.15) is 11.5 Å². The highest BCUT2D eigenvalue weighted by atomic mass is 32.2. The molecule has 1 aromatic heterocycles. The van der Waals surface area contributed by atoms with E-state index in [0.717, 1.165) is 5.56 Å². The van der Waals surface area contributed by atoms with Crippen LogP contribution in [0.4, 0.5) is 5.69 Å². The van der Waals surface area contributed by atoms with Gasteiger partial charge >= 0.3 is 0 Å². The minimum absolute atomic E-state index is 0.122. The Morgan fingerprint density at radius 1 is 1.12 bits per heavy atom. The highest BCUT2D eigenvalue weighted by Crippen LogP contribution is 2.25. The molecule has 25 heavy (non-hydrogen) atoms. The first-order chi connectivity index (χ1) is 11.9. The van der Waals surface area contributed by atoms with Gasteiger partial charge in [0, 0.05) is 12.5 Å². The third-order valence-corrected chi connectivity index (χ3v) is 4.98. The third-order valence-electron chi connectivity index (χ3n) is 3.59. The van der Waals surface area contributed by atoms with Gasteiger partial charge in [0.15, 0.2) is 5.89 Å². The summed E-state index contributed by atoms with van der Waals surface area (Å²) in [4.78, 5) is 4.42. The van der Waals surface area contributed by atoms with Crippen molar-refractivity contribution in [3.8, 4) is 17.3 Å². The quantitative estimate of drug-likeness (QED) is 0.772. The minimum Gasteiger partial charge on any atom is -0.446 e. The first-order valence-corrected chi connectivity index (χ1v) is 8.95. The van der Waals surface area contributed by atoms with Crippen molar-refractivity contribution in [3.05, 3.63) is 65.7 Å². The molecule has 0 atom stereocenters. The van der Waals surface area contributed by atoms with Gasteiger partial charge in [0.25, 0.3) is 10.0 Å². The average molecular weight is 353 g/mol. The van der Waals surface area contributed by atoms with Crippen LogP contribution < -0.4 is 4.72 Å². The van der Waals surface area contributed by atoms with E-state index >= 15 is 0 Å². The predicted octanol–water partition coefficient (Wildman–Crippen LogP) is 3.63. The second-order valence-electron chi connectivity index (χ2n) is 5.46. The van der Waals surface area contributed by atoms with Crippen LogP contribution in [0.5, 0.6) is 0 Å². The Hall–Kier alpha value is -3.11. The molecule has 3 aromatic rings. The summed E-state index contributed by atoms with van der Waals surface area (Å²) in [5.74, 6) is 1.24. The van der Waals surface area contributed by atoms with Crippen LogP contribution in [0, 0.1) is 25.2 Å². The summed E-state index contributed by atoms with van der Waals surface area (Å²) >= 11 is 0. The summed E-state index contributed by atoms with van der Waals surface area (Å²) < 4.78 is 32.9. The molecule has 0 spiro atoms. The predicted molar refractivity (Wildman–Crippen MR) is 93.4 cm³/mol. The van der Waals surface area contributed by atoms with E-state index < -0.39 is 10.0 Å². The zero-order chi connectivity index (χ0) is 18.0. The van der Waals surface area contributed by atoms with Crippen molar-refractivity contribution in [1.29, 1.82) is 5.26 Å². The fourth-order valence-corrected chi connectivity index (χ4v) is 3.50. The Balaban J connectivity index is 1.88. The van der Waals surface area contributed by atoms with E-state index in [4.69, 9.17) is 9.68 Å². The van der Waals surface area contributed by atoms with Gasteiger partial charge in [-0.1, -0.05) is 18.2 Å². The SMILES string of the molecule is Cc1nc(-c2ccc(S(=O)(=O)Nc3cccc(C#N)c3)cc2)c(C)o1. The van der Waals surface area contributed by atoms with Gasteiger partial charge in [-0.3, -0.25) is 4.72 Å². The molecule has 0 aliphatic rings. The van der Waals surface area contributed by atoms with Gasteiger partial charge in [-0.25, -0.2) is 13.4 Å². The molecular weight excluding hydrogens is 338 g/mol. The number of aromatic nitrogens is 1. The minimum atomic E-state index is -3.75. The molecule has 1 heterocycles. The van der Waals surface area contributed by atoms with Crippen LogP contribution in [0.3, 0.4) is 0 Å². The number of nitrogens with one attached hydrogen (secondary N) is 1. The van der Waals surface area contributed by atoms with Crippen molar-refractivity contribution in [2.24, 2.45) is 0 Å². The van der Waals surface area contributed by atoms with Crippen LogP contribution in [0.25, 0.3) is 11.3 Å². The Morgan fingerprint density at radius 3 is 2.44 bits per heavy atom. The van der Waals surface area contributed by atoms with E-state index in [9.17, 15) is 8.42 Å². The number of nitrogens with zero attached hydrogens (tertiary/aromatic N) is 2. The lowest BCUT2D eigenvalue weighted by Crippen LogP contribution is -2.12. The second kappa shape index (κ2) is 6.42. The van der Waals surface area contributed by atoms with Crippen molar-refractivity contribution in [2.75, 3.05) is 4.72 Å². The summed E-state index contributed by atoms with van der Waals surface area (Å²) in [7, 11) is -3.75. The van der Waals surface area contributed by atoms with Crippen LogP contribution in [0.1, 0.15) is 17.2 Å². The normalized spacial score (nSPS) is 11.1. The lowest BCUT2D eigenvalue weighted by atomic mass is 10.1. The van der Waals surface area contributed by atoms with Crippen molar-refractivity contribution >= 4 is 15.7 Å². The number of oxazole rings is 1. The number of hydrogen-bond donors (Lipinski definition) is 1. The average Bonchev–Trinajstić information content (AvgIpc) is 2.93. The molecule has 0 bridgehead atoms. The molecule has 0 saturated carbocycles. The lowest BCUT2D eigenvalue weighted by molar-refractivity contribution is 0.495. The monoisotopic (exact) mass is 353 g/mol. The third kappa shape index (κ3) is 3.54. The number of aryl methyl sites for hydroxylation is 2. The van der Waals surface area contributed by atoms with Gasteiger partial charge in [-0.15, -0.1) is 0 Å². The second-order valence-corrected chi connectivity index (χ2v) is 7.14. The molecule has 0 radical (unpaired) electrons. The molecule has 126 valence electrons. The topological polar surface area (TPSA) is 96.0 Å². The van der Waals surface area contributed by atoms with Gasteiger partial charge in [0.05, 0.1) is 22.2 Å². The van der Waals surface area contributed by atoms with E-state index in [0.29, 0.717) is 28.6 Å². The van der Waals surface area contributed by atoms with E-state index in [-0.39, 0.29) is 4.90 Å². The molecule has 0 unspecified atom stereocenters. The molecule has 0 saturated heterocycles. The molecular formula is C18H15N3O3S. The van der Waals surface area contributed by atoms with E-state index in [1.807, 2.05) is 13.0 Å². The summed E-state index contributed by atoms with van der Waals surface area (Å²) in [6.45, 7) is 3.57. The molecule has 7 heteroatoms. The summed E-state index contributed by atoms with van der Waals surface area (Å²) in [5.41, 5.74) is 2.19. The summed E-state index contributed by atoms with van der Waals surface area (Å²) in [6, 6.07) is 14.7. The van der Waals surface area contributed by atoms with Crippen LogP contribution in [0.15, 0.2) is 57.8 Å². The molecule has 6 nitrogen and oxygen atoms in total. The standard InChI is InChI=1S/C18H15N3O3S/c1-12-18(20-13(2)24-12)15-6-8-17(9-7-15)25(22,23)21-16-5-3-4-14(10-16)11-19/h3-10,21H,1-2H3. The molecule has 0 amide bonds. The highest BCUT2D eigenvalue weighted by molar-refractivity contribution is 7.92. The van der Waals surface area contributed by atoms with Gasteiger partial charge < -0.3 is 4.42 Å². The number of benzene rings is 2. The first kappa shape index (κ1) is 16.7. The summed E-state index contributed by atoms with van der Waals surface area (Å²) in [5, 5.41) is 8.90. The maximum absolute atomic E-state index is 12.5. The molecule has 1 N–H and O–H groups in total. The number of rotatable bonds is 4. The molecule has 2 aromatic carbocycles. The molecule has 0 aliphatic heterocycles. The number of anilines is 1. The molecule has 3 rings (SSSR count). The van der Waals surface area contributed by atoms with Crippen LogP contribution in [-0.2, 0) is 10.0 Å². The van der Waals surface area contributed by atoms with Crippen molar-refractivity contribution in [3.63, 3.8) is 0 Å². The van der Waals surface area contributed by atoms with Gasteiger partial charge in [-0.2, -0.15) is 5.26 Å². The zero-order valence-corrected chi connectivity index (χ0v) is 14.5. The molecule has 0 fully saturated rings. The van der Waals surface area contributed by atoms with Crippen molar-refractivity contribution < 1.29 is 12.8 Å². The van der Waals surface area contributed by atoms with E-state index in [2.05, 4.69) is 9.71 Å². The maximum atomic E-state index is 12.5. The fourth-order valence-electron chi connectivity index (χ4n) is 2.45. The van der Waals surface area contributed by atoms with Crippen molar-refractivity contribution in [1.82, 2.24) is 4.98 Å². The Labute approximate surface area is 145 Å². The van der Waals surface area contributed by atoms with Gasteiger partial charge in [-0.05, 0) is 37.3 Å². The van der Waals surface area contributed by atoms with Crippen LogP contribution in [-0.4, -0.2) is 13.4 Å². The molecule has 0 aliphatic carbocycles. The number of nitriles is 1. The van der Waals surface area contributed by atoms with E-state index in [1.54, 1.807) is 37.3 Å². The number of hydrogen-bond acceptors (Lipinski definition) is 5. The van der Waals surface area contributed by atoms with Crippen LogP contribution in [0.2, 0.25) is 0 Å².